The van der Waals surface area contributed by atoms with Gasteiger partial charge in [0.25, 0.3) is 0 Å². The van der Waals surface area contributed by atoms with Gasteiger partial charge in [0.2, 0.25) is 5.91 Å². The lowest BCUT2D eigenvalue weighted by Crippen LogP contribution is -2.31. The summed E-state index contributed by atoms with van der Waals surface area (Å²) >= 11 is 13.9. The molecule has 1 amide bonds. The molecule has 2 heterocycles. The number of hydrogen-bond donors (Lipinski definition) is 0. The fraction of sp³-hybridized carbons (Fsp3) is 0.176. The van der Waals surface area contributed by atoms with E-state index in [2.05, 4.69) is 0 Å². The van der Waals surface area contributed by atoms with Crippen molar-refractivity contribution in [1.29, 1.82) is 0 Å². The zero-order valence-corrected chi connectivity index (χ0v) is 14.3. The van der Waals surface area contributed by atoms with E-state index in [1.807, 2.05) is 30.3 Å². The summed E-state index contributed by atoms with van der Waals surface area (Å²) in [5.74, 6) is 0.907. The third kappa shape index (κ3) is 2.75. The van der Waals surface area contributed by atoms with Crippen LogP contribution < -0.4 is 0 Å². The van der Waals surface area contributed by atoms with Crippen LogP contribution in [0, 0.1) is 0 Å². The average molecular weight is 363 g/mol. The van der Waals surface area contributed by atoms with Crippen LogP contribution >= 0.6 is 35.0 Å². The molecule has 1 atom stereocenters. The lowest BCUT2D eigenvalue weighted by atomic mass is 10.2. The fourth-order valence-corrected chi connectivity index (χ4v) is 4.48. The predicted octanol–water partition coefficient (Wildman–Crippen LogP) is 4.93. The number of hydrogen-bond acceptors (Lipinski definition) is 3. The fourth-order valence-electron chi connectivity index (χ4n) is 2.80. The van der Waals surface area contributed by atoms with E-state index in [0.29, 0.717) is 23.0 Å². The molecule has 116 valence electrons. The molecule has 6 heteroatoms. The molecular weight excluding hydrogens is 351 g/mol. The van der Waals surface area contributed by atoms with E-state index in [9.17, 15) is 4.79 Å². The average Bonchev–Trinajstić information content (AvgIpc) is 2.82. The number of benzene rings is 2. The Morgan fingerprint density at radius 3 is 2.87 bits per heavy atom. The summed E-state index contributed by atoms with van der Waals surface area (Å²) < 4.78 is 0. The van der Waals surface area contributed by atoms with E-state index in [1.165, 1.54) is 0 Å². The number of rotatable bonds is 2. The Hall–Kier alpha value is -1.49. The van der Waals surface area contributed by atoms with Crippen LogP contribution in [0.2, 0.25) is 10.0 Å². The Bertz CT molecular complexity index is 837. The molecule has 0 N–H and O–H groups in total. The molecule has 1 saturated heterocycles. The number of aliphatic imine (C=N–C) groups is 1. The highest BCUT2D eigenvalue weighted by Crippen LogP contribution is 2.42. The monoisotopic (exact) mass is 362 g/mol. The van der Waals surface area contributed by atoms with Crippen molar-refractivity contribution in [2.24, 2.45) is 4.99 Å². The van der Waals surface area contributed by atoms with E-state index < -0.39 is 0 Å². The molecule has 0 unspecified atom stereocenters. The second-order valence-corrected chi connectivity index (χ2v) is 7.55. The molecule has 0 aliphatic carbocycles. The quantitative estimate of drug-likeness (QED) is 0.758. The smallest absolute Gasteiger partial charge is 0.229 e. The van der Waals surface area contributed by atoms with Gasteiger partial charge in [-0.3, -0.25) is 9.69 Å². The van der Waals surface area contributed by atoms with Crippen LogP contribution in [0.3, 0.4) is 0 Å². The number of carbonyl (C=O) groups is 1. The molecule has 0 radical (unpaired) electrons. The van der Waals surface area contributed by atoms with Crippen molar-refractivity contribution in [3.8, 4) is 0 Å². The van der Waals surface area contributed by atoms with Gasteiger partial charge in [0.05, 0.1) is 17.5 Å². The molecule has 0 saturated carbocycles. The Balaban J connectivity index is 1.69. The molecule has 2 aromatic rings. The van der Waals surface area contributed by atoms with Gasteiger partial charge in [-0.25, -0.2) is 4.99 Å². The molecule has 2 aromatic carbocycles. The zero-order chi connectivity index (χ0) is 16.0. The Labute approximate surface area is 148 Å². The van der Waals surface area contributed by atoms with Crippen LogP contribution in [-0.2, 0) is 11.3 Å². The lowest BCUT2D eigenvalue weighted by molar-refractivity contribution is -0.126. The number of para-hydroxylation sites is 1. The van der Waals surface area contributed by atoms with Crippen molar-refractivity contribution in [3.63, 3.8) is 0 Å². The topological polar surface area (TPSA) is 32.7 Å². The summed E-state index contributed by atoms with van der Waals surface area (Å²) in [6.45, 7) is 0.424. The first kappa shape index (κ1) is 15.1. The Morgan fingerprint density at radius 2 is 2.04 bits per heavy atom. The second kappa shape index (κ2) is 5.86. The SMILES string of the molecule is O=C1C[C@@H]2Sc3ccccc3N=C2N1Cc1ccc(Cl)cc1Cl. The van der Waals surface area contributed by atoms with Crippen LogP contribution in [0.4, 0.5) is 5.69 Å². The maximum absolute atomic E-state index is 12.4. The summed E-state index contributed by atoms with van der Waals surface area (Å²) in [4.78, 5) is 20.0. The van der Waals surface area contributed by atoms with Gasteiger partial charge in [0.1, 0.15) is 5.84 Å². The van der Waals surface area contributed by atoms with Crippen LogP contribution in [0.1, 0.15) is 12.0 Å². The third-order valence-corrected chi connectivity index (χ3v) is 5.79. The number of amides is 1. The van der Waals surface area contributed by atoms with Gasteiger partial charge in [-0.15, -0.1) is 11.8 Å². The highest BCUT2D eigenvalue weighted by molar-refractivity contribution is 8.01. The number of halogens is 2. The van der Waals surface area contributed by atoms with E-state index in [0.717, 1.165) is 22.0 Å². The summed E-state index contributed by atoms with van der Waals surface area (Å²) in [5.41, 5.74) is 1.79. The third-order valence-electron chi connectivity index (χ3n) is 3.94. The van der Waals surface area contributed by atoms with Crippen molar-refractivity contribution < 1.29 is 4.79 Å². The van der Waals surface area contributed by atoms with Gasteiger partial charge in [-0.1, -0.05) is 41.4 Å². The first-order chi connectivity index (χ1) is 11.1. The molecule has 0 bridgehead atoms. The van der Waals surface area contributed by atoms with E-state index in [4.69, 9.17) is 28.2 Å². The molecule has 1 fully saturated rings. The van der Waals surface area contributed by atoms with Gasteiger partial charge >= 0.3 is 0 Å². The van der Waals surface area contributed by atoms with Crippen LogP contribution in [0.5, 0.6) is 0 Å². The molecular formula is C17H12Cl2N2OS. The van der Waals surface area contributed by atoms with Gasteiger partial charge in [-0.05, 0) is 29.8 Å². The van der Waals surface area contributed by atoms with Gasteiger partial charge in [0, 0.05) is 21.4 Å². The minimum Gasteiger partial charge on any atom is -0.295 e. The lowest BCUT2D eigenvalue weighted by Gasteiger charge is -2.23. The number of amidine groups is 1. The van der Waals surface area contributed by atoms with Gasteiger partial charge in [-0.2, -0.15) is 0 Å². The first-order valence-corrected chi connectivity index (χ1v) is 8.84. The largest absolute Gasteiger partial charge is 0.295 e. The number of thioether (sulfide) groups is 1. The van der Waals surface area contributed by atoms with Crippen molar-refractivity contribution >= 4 is 52.4 Å². The number of nitrogens with zero attached hydrogens (tertiary/aromatic N) is 2. The highest BCUT2D eigenvalue weighted by atomic mass is 35.5. The van der Waals surface area contributed by atoms with Gasteiger partial charge in [0.15, 0.2) is 0 Å². The highest BCUT2D eigenvalue weighted by Gasteiger charge is 2.39. The number of carbonyl (C=O) groups excluding carboxylic acids is 1. The maximum Gasteiger partial charge on any atom is 0.229 e. The minimum atomic E-state index is 0.0834. The standard InChI is InChI=1S/C17H12Cl2N2OS/c18-11-6-5-10(12(19)7-11)9-21-16(22)8-15-17(21)20-13-3-1-2-4-14(13)23-15/h1-7,15H,8-9H2/t15-/m0/s1. The second-order valence-electron chi connectivity index (χ2n) is 5.46. The van der Waals surface area contributed by atoms with Crippen LogP contribution in [0.15, 0.2) is 52.4 Å². The van der Waals surface area contributed by atoms with Crippen molar-refractivity contribution in [1.82, 2.24) is 4.90 Å². The van der Waals surface area contributed by atoms with Gasteiger partial charge < -0.3 is 0 Å². The summed E-state index contributed by atoms with van der Waals surface area (Å²) in [7, 11) is 0. The molecule has 2 aliphatic heterocycles. The predicted molar refractivity (Wildman–Crippen MR) is 94.8 cm³/mol. The molecule has 3 nitrogen and oxygen atoms in total. The first-order valence-electron chi connectivity index (χ1n) is 7.20. The normalized spacial score (nSPS) is 19.4. The molecule has 2 aliphatic rings. The molecule has 0 spiro atoms. The molecule has 0 aromatic heterocycles. The zero-order valence-electron chi connectivity index (χ0n) is 12.0. The van der Waals surface area contributed by atoms with Crippen LogP contribution in [-0.4, -0.2) is 21.9 Å². The minimum absolute atomic E-state index is 0.0834. The van der Waals surface area contributed by atoms with Crippen molar-refractivity contribution in [2.75, 3.05) is 0 Å². The van der Waals surface area contributed by atoms with Crippen molar-refractivity contribution in [2.45, 2.75) is 23.1 Å². The van der Waals surface area contributed by atoms with E-state index in [-0.39, 0.29) is 11.2 Å². The van der Waals surface area contributed by atoms with E-state index in [1.54, 1.807) is 28.8 Å². The summed E-state index contributed by atoms with van der Waals surface area (Å²) in [6.07, 6.45) is 0.475. The summed E-state index contributed by atoms with van der Waals surface area (Å²) in [5, 5.41) is 1.24. The van der Waals surface area contributed by atoms with Crippen molar-refractivity contribution in [3.05, 3.63) is 58.1 Å². The Morgan fingerprint density at radius 1 is 1.22 bits per heavy atom. The Kier molecular flexibility index (Phi) is 3.84. The number of likely N-dealkylation sites (tertiary alicyclic amines) is 1. The molecule has 23 heavy (non-hydrogen) atoms. The maximum atomic E-state index is 12.4. The van der Waals surface area contributed by atoms with Crippen LogP contribution in [0.25, 0.3) is 0 Å². The summed E-state index contributed by atoms with van der Waals surface area (Å²) in [6, 6.07) is 13.3. The van der Waals surface area contributed by atoms with E-state index >= 15 is 0 Å². The number of fused-ring (bicyclic) bond motifs is 2. The molecule has 4 rings (SSSR count).